The highest BCUT2D eigenvalue weighted by molar-refractivity contribution is 5.27. The molecule has 0 fully saturated rings. The van der Waals surface area contributed by atoms with Crippen LogP contribution in [0.3, 0.4) is 0 Å². The molecule has 96 valence electrons. The van der Waals surface area contributed by atoms with Crippen molar-refractivity contribution in [1.82, 2.24) is 5.32 Å². The Morgan fingerprint density at radius 2 is 2.18 bits per heavy atom. The van der Waals surface area contributed by atoms with Crippen LogP contribution >= 0.6 is 0 Å². The number of aliphatic hydroxyl groups excluding tert-OH is 1. The number of aryl methyl sites for hydroxylation is 1. The monoisotopic (exact) mass is 237 g/mol. The average Bonchev–Trinajstić information content (AvgIpc) is 2.34. The van der Waals surface area contributed by atoms with Gasteiger partial charge in [-0.1, -0.05) is 19.1 Å². The van der Waals surface area contributed by atoms with Crippen molar-refractivity contribution in [3.8, 4) is 5.75 Å². The fourth-order valence-electron chi connectivity index (χ4n) is 1.53. The molecule has 0 aliphatic rings. The zero-order chi connectivity index (χ0) is 12.7. The minimum atomic E-state index is -0.375. The van der Waals surface area contributed by atoms with Gasteiger partial charge in [0.1, 0.15) is 12.4 Å². The summed E-state index contributed by atoms with van der Waals surface area (Å²) in [5.41, 5.74) is 0.800. The van der Waals surface area contributed by atoms with Crippen molar-refractivity contribution < 1.29 is 9.84 Å². The summed E-state index contributed by atoms with van der Waals surface area (Å²) in [6, 6.07) is 7.94. The Labute approximate surface area is 104 Å². The van der Waals surface area contributed by atoms with Crippen LogP contribution in [-0.4, -0.2) is 30.4 Å². The van der Waals surface area contributed by atoms with Gasteiger partial charge in [-0.3, -0.25) is 0 Å². The number of nitrogens with one attached hydrogen (secondary N) is 1. The van der Waals surface area contributed by atoms with Gasteiger partial charge in [-0.2, -0.15) is 0 Å². The van der Waals surface area contributed by atoms with Crippen LogP contribution in [0.25, 0.3) is 0 Å². The number of aliphatic hydroxyl groups is 1. The van der Waals surface area contributed by atoms with E-state index < -0.39 is 0 Å². The molecule has 0 spiro atoms. The highest BCUT2D eigenvalue weighted by atomic mass is 16.5. The minimum Gasteiger partial charge on any atom is -0.492 e. The van der Waals surface area contributed by atoms with E-state index in [9.17, 15) is 5.11 Å². The molecule has 0 aliphatic carbocycles. The number of hydrogen-bond donors (Lipinski definition) is 2. The number of ether oxygens (including phenoxy) is 1. The first-order chi connectivity index (χ1) is 8.09. The molecule has 3 nitrogen and oxygen atoms in total. The third kappa shape index (κ3) is 4.75. The Morgan fingerprint density at radius 1 is 1.41 bits per heavy atom. The van der Waals surface area contributed by atoms with Gasteiger partial charge in [0.15, 0.2) is 0 Å². The summed E-state index contributed by atoms with van der Waals surface area (Å²) in [5.74, 6) is 0.850. The smallest absolute Gasteiger partial charge is 0.119 e. The van der Waals surface area contributed by atoms with Crippen LogP contribution in [0.5, 0.6) is 5.75 Å². The first-order valence-electron chi connectivity index (χ1n) is 6.15. The van der Waals surface area contributed by atoms with Crippen LogP contribution < -0.4 is 10.1 Å². The molecule has 0 heterocycles. The van der Waals surface area contributed by atoms with Crippen LogP contribution in [0.15, 0.2) is 24.3 Å². The second-order valence-corrected chi connectivity index (χ2v) is 4.75. The number of rotatable bonds is 7. The zero-order valence-electron chi connectivity index (χ0n) is 11.0. The van der Waals surface area contributed by atoms with E-state index in [-0.39, 0.29) is 12.1 Å². The van der Waals surface area contributed by atoms with E-state index in [0.717, 1.165) is 18.7 Å². The largest absolute Gasteiger partial charge is 0.492 e. The molecule has 1 aromatic rings. The van der Waals surface area contributed by atoms with E-state index in [1.807, 2.05) is 38.1 Å². The highest BCUT2D eigenvalue weighted by Gasteiger charge is 2.23. The lowest BCUT2D eigenvalue weighted by Gasteiger charge is -2.28. The number of benzene rings is 1. The lowest BCUT2D eigenvalue weighted by atomic mass is 10.1. The molecule has 1 atom stereocenters. The molecule has 2 N–H and O–H groups in total. The summed E-state index contributed by atoms with van der Waals surface area (Å²) < 4.78 is 5.72. The third-order valence-corrected chi connectivity index (χ3v) is 2.70. The summed E-state index contributed by atoms with van der Waals surface area (Å²) >= 11 is 0. The second kappa shape index (κ2) is 6.62. The molecule has 17 heavy (non-hydrogen) atoms. The van der Waals surface area contributed by atoms with E-state index in [2.05, 4.69) is 12.2 Å². The average molecular weight is 237 g/mol. The van der Waals surface area contributed by atoms with Gasteiger partial charge in [-0.25, -0.2) is 0 Å². The van der Waals surface area contributed by atoms with Crippen molar-refractivity contribution in [3.63, 3.8) is 0 Å². The van der Waals surface area contributed by atoms with Gasteiger partial charge >= 0.3 is 0 Å². The van der Waals surface area contributed by atoms with E-state index in [0.29, 0.717) is 6.61 Å². The van der Waals surface area contributed by atoms with Gasteiger partial charge in [0.05, 0.1) is 12.1 Å². The fourth-order valence-corrected chi connectivity index (χ4v) is 1.53. The van der Waals surface area contributed by atoms with Crippen LogP contribution in [0.2, 0.25) is 0 Å². The number of hydrogen-bond acceptors (Lipinski definition) is 3. The van der Waals surface area contributed by atoms with Crippen molar-refractivity contribution >= 4 is 0 Å². The van der Waals surface area contributed by atoms with Crippen LogP contribution in [0, 0.1) is 6.92 Å². The first-order valence-corrected chi connectivity index (χ1v) is 6.15. The molecule has 0 amide bonds. The standard InChI is InChI=1S/C14H23NO2/c1-4-8-15-14(3,10-16)11-17-13-7-5-6-12(2)9-13/h5-7,9,15-16H,4,8,10-11H2,1-3H3. The van der Waals surface area contributed by atoms with Crippen molar-refractivity contribution in [2.75, 3.05) is 19.8 Å². The molecule has 0 saturated carbocycles. The molecule has 1 rings (SSSR count). The van der Waals surface area contributed by atoms with Gasteiger partial charge in [-0.05, 0) is 44.5 Å². The molecule has 3 heteroatoms. The summed E-state index contributed by atoms with van der Waals surface area (Å²) in [6.07, 6.45) is 1.04. The summed E-state index contributed by atoms with van der Waals surface area (Å²) in [4.78, 5) is 0. The maximum absolute atomic E-state index is 9.40. The molecule has 0 aromatic heterocycles. The molecule has 1 unspecified atom stereocenters. The van der Waals surface area contributed by atoms with E-state index >= 15 is 0 Å². The normalized spacial score (nSPS) is 14.4. The molecule has 0 radical (unpaired) electrons. The quantitative estimate of drug-likeness (QED) is 0.763. The van der Waals surface area contributed by atoms with E-state index in [1.54, 1.807) is 0 Å². The summed E-state index contributed by atoms with van der Waals surface area (Å²) in [5, 5.41) is 12.7. The van der Waals surface area contributed by atoms with Crippen molar-refractivity contribution in [1.29, 1.82) is 0 Å². The Morgan fingerprint density at radius 3 is 2.76 bits per heavy atom. The first kappa shape index (κ1) is 14.0. The fraction of sp³-hybridized carbons (Fsp3) is 0.571. The van der Waals surface area contributed by atoms with Gasteiger partial charge in [0, 0.05) is 0 Å². The van der Waals surface area contributed by atoms with Crippen LogP contribution in [-0.2, 0) is 0 Å². The lowest BCUT2D eigenvalue weighted by molar-refractivity contribution is 0.116. The Hall–Kier alpha value is -1.06. The topological polar surface area (TPSA) is 41.5 Å². The Bertz CT molecular complexity index is 341. The maximum Gasteiger partial charge on any atom is 0.119 e. The van der Waals surface area contributed by atoms with Crippen LogP contribution in [0.4, 0.5) is 0 Å². The van der Waals surface area contributed by atoms with Gasteiger partial charge in [0.25, 0.3) is 0 Å². The van der Waals surface area contributed by atoms with Crippen molar-refractivity contribution in [3.05, 3.63) is 29.8 Å². The second-order valence-electron chi connectivity index (χ2n) is 4.75. The van der Waals surface area contributed by atoms with Crippen LogP contribution in [0.1, 0.15) is 25.8 Å². The Balaban J connectivity index is 2.52. The predicted octanol–water partition coefficient (Wildman–Crippen LogP) is 2.12. The Kier molecular flexibility index (Phi) is 5.45. The third-order valence-electron chi connectivity index (χ3n) is 2.70. The SMILES string of the molecule is CCCNC(C)(CO)COc1cccc(C)c1. The zero-order valence-corrected chi connectivity index (χ0v) is 11.0. The van der Waals surface area contributed by atoms with Gasteiger partial charge in [0.2, 0.25) is 0 Å². The highest BCUT2D eigenvalue weighted by Crippen LogP contribution is 2.14. The van der Waals surface area contributed by atoms with E-state index in [4.69, 9.17) is 4.74 Å². The minimum absolute atomic E-state index is 0.0683. The molecule has 1 aromatic carbocycles. The molecular weight excluding hydrogens is 214 g/mol. The predicted molar refractivity (Wildman–Crippen MR) is 70.5 cm³/mol. The molecule has 0 aliphatic heterocycles. The van der Waals surface area contributed by atoms with Crippen molar-refractivity contribution in [2.45, 2.75) is 32.7 Å². The summed E-state index contributed by atoms with van der Waals surface area (Å²) in [7, 11) is 0. The van der Waals surface area contributed by atoms with Gasteiger partial charge in [-0.15, -0.1) is 0 Å². The maximum atomic E-state index is 9.40. The molecule has 0 saturated heterocycles. The van der Waals surface area contributed by atoms with E-state index in [1.165, 1.54) is 5.56 Å². The summed E-state index contributed by atoms with van der Waals surface area (Å²) in [6.45, 7) is 7.53. The lowest BCUT2D eigenvalue weighted by Crippen LogP contribution is -2.50. The van der Waals surface area contributed by atoms with Gasteiger partial charge < -0.3 is 15.2 Å². The van der Waals surface area contributed by atoms with Crippen molar-refractivity contribution in [2.24, 2.45) is 0 Å². The molecular formula is C14H23NO2. The molecule has 0 bridgehead atoms.